The van der Waals surface area contributed by atoms with Gasteiger partial charge < -0.3 is 19.9 Å². The summed E-state index contributed by atoms with van der Waals surface area (Å²) in [6.45, 7) is 11.4. The minimum Gasteiger partial charge on any atom is -0.478 e. The summed E-state index contributed by atoms with van der Waals surface area (Å²) in [5.41, 5.74) is 5.60. The molecular formula is C27H34FN3O2. The average molecular weight is 452 g/mol. The lowest BCUT2D eigenvalue weighted by molar-refractivity contribution is 0.0694. The number of benzene rings is 2. The van der Waals surface area contributed by atoms with Crippen LogP contribution in [0.1, 0.15) is 51.8 Å². The third-order valence-corrected chi connectivity index (χ3v) is 6.24. The first-order valence-electron chi connectivity index (χ1n) is 11.5. The minimum atomic E-state index is -0.948. The van der Waals surface area contributed by atoms with Crippen molar-refractivity contribution in [3.63, 3.8) is 0 Å². The van der Waals surface area contributed by atoms with Crippen molar-refractivity contribution >= 4 is 11.7 Å². The number of carbonyl (C=O) groups is 1. The number of aromatic nitrogens is 1. The van der Waals surface area contributed by atoms with Gasteiger partial charge in [0.2, 0.25) is 0 Å². The van der Waals surface area contributed by atoms with E-state index in [1.807, 2.05) is 11.5 Å². The van der Waals surface area contributed by atoms with Crippen LogP contribution in [0.5, 0.6) is 0 Å². The fraction of sp³-hybridized carbons (Fsp3) is 0.370. The summed E-state index contributed by atoms with van der Waals surface area (Å²) < 4.78 is 16.1. The van der Waals surface area contributed by atoms with Gasteiger partial charge in [0.1, 0.15) is 5.82 Å². The van der Waals surface area contributed by atoms with E-state index in [0.717, 1.165) is 37.3 Å². The number of nitrogens with one attached hydrogen (secondary N) is 1. The van der Waals surface area contributed by atoms with Crippen molar-refractivity contribution in [1.82, 2.24) is 9.88 Å². The van der Waals surface area contributed by atoms with E-state index in [2.05, 4.69) is 48.3 Å². The van der Waals surface area contributed by atoms with Crippen molar-refractivity contribution < 1.29 is 14.3 Å². The Bertz CT molecular complexity index is 1110. The van der Waals surface area contributed by atoms with Crippen LogP contribution in [-0.4, -0.2) is 35.3 Å². The summed E-state index contributed by atoms with van der Waals surface area (Å²) in [6.07, 6.45) is 0.943. The number of carboxylic acid groups (broad SMARTS) is 1. The molecular weight excluding hydrogens is 417 g/mol. The van der Waals surface area contributed by atoms with E-state index in [1.54, 1.807) is 25.1 Å². The SMILES string of the molecule is CCN(CCCNCc1c(C(=O)O)c(C)n(Cc2ccccc2F)c1C)c1cccc(C)c1. The van der Waals surface area contributed by atoms with E-state index in [-0.39, 0.29) is 5.82 Å². The predicted molar refractivity (Wildman–Crippen MR) is 132 cm³/mol. The molecule has 0 atom stereocenters. The lowest BCUT2D eigenvalue weighted by Gasteiger charge is -2.23. The van der Waals surface area contributed by atoms with Crippen LogP contribution in [0.4, 0.5) is 10.1 Å². The van der Waals surface area contributed by atoms with Crippen LogP contribution in [0, 0.1) is 26.6 Å². The monoisotopic (exact) mass is 451 g/mol. The molecule has 1 aromatic heterocycles. The summed E-state index contributed by atoms with van der Waals surface area (Å²) in [5, 5.41) is 13.3. The summed E-state index contributed by atoms with van der Waals surface area (Å²) in [5.74, 6) is -1.23. The summed E-state index contributed by atoms with van der Waals surface area (Å²) in [7, 11) is 0. The maximum absolute atomic E-state index is 14.2. The number of nitrogens with zero attached hydrogens (tertiary/aromatic N) is 2. The molecule has 1 heterocycles. The molecule has 0 aliphatic heterocycles. The van der Waals surface area contributed by atoms with Gasteiger partial charge in [-0.1, -0.05) is 30.3 Å². The number of hydrogen-bond acceptors (Lipinski definition) is 3. The Morgan fingerprint density at radius 2 is 1.85 bits per heavy atom. The quantitative estimate of drug-likeness (QED) is 0.388. The molecule has 0 spiro atoms. The topological polar surface area (TPSA) is 57.5 Å². The van der Waals surface area contributed by atoms with Crippen molar-refractivity contribution in [3.8, 4) is 0 Å². The molecule has 0 radical (unpaired) electrons. The first kappa shape index (κ1) is 24.5. The van der Waals surface area contributed by atoms with Crippen LogP contribution in [-0.2, 0) is 13.1 Å². The van der Waals surface area contributed by atoms with E-state index in [4.69, 9.17) is 0 Å². The van der Waals surface area contributed by atoms with Crippen LogP contribution in [0.2, 0.25) is 0 Å². The highest BCUT2D eigenvalue weighted by Gasteiger charge is 2.22. The minimum absolute atomic E-state index is 0.282. The molecule has 2 aromatic carbocycles. The van der Waals surface area contributed by atoms with E-state index in [1.165, 1.54) is 17.3 Å². The lowest BCUT2D eigenvalue weighted by Crippen LogP contribution is -2.27. The molecule has 0 fully saturated rings. The largest absolute Gasteiger partial charge is 0.478 e. The fourth-order valence-electron chi connectivity index (χ4n) is 4.39. The van der Waals surface area contributed by atoms with Gasteiger partial charge in [-0.05, 0) is 64.4 Å². The summed E-state index contributed by atoms with van der Waals surface area (Å²) in [4.78, 5) is 14.4. The highest BCUT2D eigenvalue weighted by Crippen LogP contribution is 2.24. The first-order valence-corrected chi connectivity index (χ1v) is 11.5. The van der Waals surface area contributed by atoms with Crippen molar-refractivity contribution in [2.75, 3.05) is 24.5 Å². The number of aromatic carboxylic acids is 1. The molecule has 176 valence electrons. The number of hydrogen-bond donors (Lipinski definition) is 2. The van der Waals surface area contributed by atoms with Gasteiger partial charge in [0, 0.05) is 47.8 Å². The molecule has 0 bridgehead atoms. The van der Waals surface area contributed by atoms with Crippen LogP contribution >= 0.6 is 0 Å². The fourth-order valence-corrected chi connectivity index (χ4v) is 4.39. The van der Waals surface area contributed by atoms with Gasteiger partial charge in [0.05, 0.1) is 12.1 Å². The molecule has 5 nitrogen and oxygen atoms in total. The highest BCUT2D eigenvalue weighted by molar-refractivity contribution is 5.91. The zero-order valence-corrected chi connectivity index (χ0v) is 20.0. The van der Waals surface area contributed by atoms with Gasteiger partial charge in [-0.15, -0.1) is 0 Å². The third kappa shape index (κ3) is 5.82. The maximum atomic E-state index is 14.2. The predicted octanol–water partition coefficient (Wildman–Crippen LogP) is 5.31. The molecule has 0 aliphatic carbocycles. The second kappa shape index (κ2) is 11.1. The molecule has 6 heteroatoms. The Balaban J connectivity index is 1.65. The summed E-state index contributed by atoms with van der Waals surface area (Å²) in [6, 6.07) is 15.1. The molecule has 33 heavy (non-hydrogen) atoms. The van der Waals surface area contributed by atoms with Gasteiger partial charge in [-0.2, -0.15) is 0 Å². The van der Waals surface area contributed by atoms with Crippen molar-refractivity contribution in [2.45, 2.75) is 47.2 Å². The van der Waals surface area contributed by atoms with Crippen molar-refractivity contribution in [3.05, 3.63) is 88.0 Å². The number of rotatable bonds is 11. The van der Waals surface area contributed by atoms with Gasteiger partial charge in [-0.3, -0.25) is 0 Å². The lowest BCUT2D eigenvalue weighted by atomic mass is 10.1. The Morgan fingerprint density at radius 3 is 2.52 bits per heavy atom. The van der Waals surface area contributed by atoms with Crippen LogP contribution in [0.25, 0.3) is 0 Å². The molecule has 3 rings (SSSR count). The van der Waals surface area contributed by atoms with Gasteiger partial charge >= 0.3 is 5.97 Å². The number of carboxylic acids is 1. The smallest absolute Gasteiger partial charge is 0.337 e. The standard InChI is InChI=1S/C27H34FN3O2/c1-5-30(23-12-8-10-19(2)16-23)15-9-14-29-17-24-20(3)31(21(4)26(24)27(32)33)18-22-11-6-7-13-25(22)28/h6-8,10-13,16,29H,5,9,14-15,17-18H2,1-4H3,(H,32,33). The van der Waals surface area contributed by atoms with E-state index in [0.29, 0.717) is 29.9 Å². The Hall–Kier alpha value is -3.12. The van der Waals surface area contributed by atoms with E-state index < -0.39 is 5.97 Å². The van der Waals surface area contributed by atoms with Gasteiger partial charge in [0.15, 0.2) is 0 Å². The first-order chi connectivity index (χ1) is 15.8. The summed E-state index contributed by atoms with van der Waals surface area (Å²) >= 11 is 0. The van der Waals surface area contributed by atoms with Crippen LogP contribution < -0.4 is 10.2 Å². The number of anilines is 1. The molecule has 0 aliphatic rings. The Morgan fingerprint density at radius 1 is 1.09 bits per heavy atom. The molecule has 2 N–H and O–H groups in total. The Labute approximate surface area is 195 Å². The van der Waals surface area contributed by atoms with Crippen molar-refractivity contribution in [2.24, 2.45) is 0 Å². The normalized spacial score (nSPS) is 11.1. The second-order valence-electron chi connectivity index (χ2n) is 8.46. The van der Waals surface area contributed by atoms with E-state index >= 15 is 0 Å². The molecule has 0 saturated heterocycles. The molecule has 0 unspecified atom stereocenters. The van der Waals surface area contributed by atoms with Crippen molar-refractivity contribution in [1.29, 1.82) is 0 Å². The molecule has 3 aromatic rings. The van der Waals surface area contributed by atoms with Crippen LogP contribution in [0.3, 0.4) is 0 Å². The van der Waals surface area contributed by atoms with Gasteiger partial charge in [-0.25, -0.2) is 9.18 Å². The highest BCUT2D eigenvalue weighted by atomic mass is 19.1. The number of halogens is 1. The number of aryl methyl sites for hydroxylation is 1. The zero-order valence-electron chi connectivity index (χ0n) is 20.0. The third-order valence-electron chi connectivity index (χ3n) is 6.24. The Kier molecular flexibility index (Phi) is 8.28. The average Bonchev–Trinajstić information content (AvgIpc) is 3.02. The van der Waals surface area contributed by atoms with E-state index in [9.17, 15) is 14.3 Å². The second-order valence-corrected chi connectivity index (χ2v) is 8.46. The molecule has 0 amide bonds. The zero-order chi connectivity index (χ0) is 24.0. The maximum Gasteiger partial charge on any atom is 0.337 e. The van der Waals surface area contributed by atoms with Crippen LogP contribution in [0.15, 0.2) is 48.5 Å². The molecule has 0 saturated carbocycles. The van der Waals surface area contributed by atoms with Gasteiger partial charge in [0.25, 0.3) is 0 Å².